The molecule has 1 aliphatic heterocycles. The van der Waals surface area contributed by atoms with Crippen molar-refractivity contribution in [2.75, 3.05) is 42.6 Å². The van der Waals surface area contributed by atoms with E-state index in [4.69, 9.17) is 16.3 Å². The topological polar surface area (TPSA) is 113 Å². The number of carbonyl (C=O) groups is 1. The molecule has 198 valence electrons. The molecule has 1 heterocycles. The molecule has 2 aromatic rings. The molecular weight excluding hydrogens is 526 g/mol. The second-order valence-corrected chi connectivity index (χ2v) is 12.9. The van der Waals surface area contributed by atoms with Crippen LogP contribution in [-0.2, 0) is 24.8 Å². The third kappa shape index (κ3) is 6.70. The zero-order chi connectivity index (χ0) is 26.5. The second kappa shape index (κ2) is 11.8. The quantitative estimate of drug-likeness (QED) is 0.472. The van der Waals surface area contributed by atoms with Gasteiger partial charge < -0.3 is 10.1 Å². The van der Waals surface area contributed by atoms with Gasteiger partial charge in [-0.1, -0.05) is 24.1 Å². The normalized spacial score (nSPS) is 14.9. The number of rotatable bonds is 10. The van der Waals surface area contributed by atoms with Gasteiger partial charge in [0.1, 0.15) is 10.6 Å². The fourth-order valence-corrected chi connectivity index (χ4v) is 7.02. The molecule has 3 rings (SSSR count). The van der Waals surface area contributed by atoms with Gasteiger partial charge in [-0.25, -0.2) is 16.8 Å². The lowest BCUT2D eigenvalue weighted by Gasteiger charge is -2.26. The van der Waals surface area contributed by atoms with Crippen molar-refractivity contribution in [2.45, 2.75) is 43.9 Å². The maximum absolute atomic E-state index is 13.2. The van der Waals surface area contributed by atoms with Crippen molar-refractivity contribution in [1.82, 2.24) is 4.31 Å². The largest absolute Gasteiger partial charge is 0.495 e. The Morgan fingerprint density at radius 2 is 1.81 bits per heavy atom. The Kier molecular flexibility index (Phi) is 9.26. The molecule has 0 aromatic heterocycles. The third-order valence-corrected chi connectivity index (χ3v) is 9.56. The van der Waals surface area contributed by atoms with Crippen LogP contribution in [0.5, 0.6) is 5.75 Å². The molecule has 0 saturated carbocycles. The summed E-state index contributed by atoms with van der Waals surface area (Å²) < 4.78 is 59.1. The van der Waals surface area contributed by atoms with E-state index in [0.29, 0.717) is 35.1 Å². The maximum Gasteiger partial charge on any atom is 0.246 e. The maximum atomic E-state index is 13.2. The van der Waals surface area contributed by atoms with E-state index in [1.165, 1.54) is 27.9 Å². The van der Waals surface area contributed by atoms with Gasteiger partial charge in [-0.05, 0) is 62.1 Å². The Morgan fingerprint density at radius 3 is 2.44 bits per heavy atom. The number of carbonyl (C=O) groups excluding carboxylic acids is 1. The van der Waals surface area contributed by atoms with E-state index < -0.39 is 20.0 Å². The Labute approximate surface area is 218 Å². The van der Waals surface area contributed by atoms with Gasteiger partial charge in [0.05, 0.1) is 19.1 Å². The highest BCUT2D eigenvalue weighted by Crippen LogP contribution is 2.31. The van der Waals surface area contributed by atoms with E-state index in [2.05, 4.69) is 5.32 Å². The van der Waals surface area contributed by atoms with Crippen molar-refractivity contribution in [3.63, 3.8) is 0 Å². The SMILES string of the molecule is COc1ccc(NC(=O)CCCN(c2cccc(Cl)c2C)S(C)(=O)=O)cc1S(=O)(=O)N1CCCCC1. The molecule has 12 heteroatoms. The molecule has 1 N–H and O–H groups in total. The van der Waals surface area contributed by atoms with Gasteiger partial charge >= 0.3 is 0 Å². The molecule has 9 nitrogen and oxygen atoms in total. The number of sulfonamides is 2. The van der Waals surface area contributed by atoms with Crippen molar-refractivity contribution in [2.24, 2.45) is 0 Å². The predicted octanol–water partition coefficient (Wildman–Crippen LogP) is 4.02. The highest BCUT2D eigenvalue weighted by Gasteiger charge is 2.29. The fourth-order valence-electron chi connectivity index (χ4n) is 4.14. The summed E-state index contributed by atoms with van der Waals surface area (Å²) in [6.45, 7) is 2.72. The minimum absolute atomic E-state index is 0.00406. The smallest absolute Gasteiger partial charge is 0.246 e. The Hall–Kier alpha value is -2.34. The zero-order valence-corrected chi connectivity index (χ0v) is 23.0. The summed E-state index contributed by atoms with van der Waals surface area (Å²) in [5.41, 5.74) is 1.42. The van der Waals surface area contributed by atoms with E-state index in [1.54, 1.807) is 31.2 Å². The molecule has 1 saturated heterocycles. The number of benzene rings is 2. The summed E-state index contributed by atoms with van der Waals surface area (Å²) in [7, 11) is -5.97. The molecule has 0 unspecified atom stereocenters. The molecular formula is C24H32ClN3O6S2. The molecule has 1 fully saturated rings. The molecule has 0 spiro atoms. The number of piperidine rings is 1. The summed E-state index contributed by atoms with van der Waals surface area (Å²) >= 11 is 6.16. The van der Waals surface area contributed by atoms with E-state index >= 15 is 0 Å². The predicted molar refractivity (Wildman–Crippen MR) is 142 cm³/mol. The zero-order valence-electron chi connectivity index (χ0n) is 20.7. The first-order valence-corrected chi connectivity index (χ1v) is 15.3. The minimum Gasteiger partial charge on any atom is -0.495 e. The van der Waals surface area contributed by atoms with Gasteiger partial charge in [-0.15, -0.1) is 0 Å². The van der Waals surface area contributed by atoms with Crippen LogP contribution in [0, 0.1) is 6.92 Å². The van der Waals surface area contributed by atoms with Crippen LogP contribution in [0.1, 0.15) is 37.7 Å². The van der Waals surface area contributed by atoms with Gasteiger partial charge in [0, 0.05) is 36.8 Å². The first-order valence-electron chi connectivity index (χ1n) is 11.7. The van der Waals surface area contributed by atoms with E-state index in [0.717, 1.165) is 25.5 Å². The number of nitrogens with one attached hydrogen (secondary N) is 1. The molecule has 0 aliphatic carbocycles. The summed E-state index contributed by atoms with van der Waals surface area (Å²) in [4.78, 5) is 12.6. The lowest BCUT2D eigenvalue weighted by atomic mass is 10.2. The lowest BCUT2D eigenvalue weighted by molar-refractivity contribution is -0.116. The van der Waals surface area contributed by atoms with Gasteiger partial charge in [-0.3, -0.25) is 9.10 Å². The number of anilines is 2. The molecule has 1 aliphatic rings. The van der Waals surface area contributed by atoms with Crippen molar-refractivity contribution in [3.05, 3.63) is 47.0 Å². The van der Waals surface area contributed by atoms with Crippen molar-refractivity contribution >= 4 is 48.9 Å². The summed E-state index contributed by atoms with van der Waals surface area (Å²) in [6.07, 6.45) is 3.99. The first kappa shape index (κ1) is 28.2. The average molecular weight is 558 g/mol. The number of ether oxygens (including phenoxy) is 1. The molecule has 0 atom stereocenters. The van der Waals surface area contributed by atoms with Crippen LogP contribution < -0.4 is 14.4 Å². The van der Waals surface area contributed by atoms with Gasteiger partial charge in [0.2, 0.25) is 26.0 Å². The Balaban J connectivity index is 1.70. The van der Waals surface area contributed by atoms with Crippen LogP contribution in [0.25, 0.3) is 0 Å². The fraction of sp³-hybridized carbons (Fsp3) is 0.458. The average Bonchev–Trinajstić information content (AvgIpc) is 2.83. The van der Waals surface area contributed by atoms with Crippen molar-refractivity contribution in [1.29, 1.82) is 0 Å². The summed E-state index contributed by atoms with van der Waals surface area (Å²) in [5.74, 6) is -0.156. The number of amides is 1. The van der Waals surface area contributed by atoms with Crippen LogP contribution in [-0.4, -0.2) is 60.0 Å². The van der Waals surface area contributed by atoms with Crippen LogP contribution in [0.3, 0.4) is 0 Å². The minimum atomic E-state index is -3.77. The second-order valence-electron chi connectivity index (χ2n) is 8.70. The Bertz CT molecular complexity index is 1310. The van der Waals surface area contributed by atoms with Gasteiger partial charge in [0.25, 0.3) is 0 Å². The van der Waals surface area contributed by atoms with Crippen LogP contribution in [0.2, 0.25) is 5.02 Å². The molecule has 0 radical (unpaired) electrons. The highest BCUT2D eigenvalue weighted by atomic mass is 35.5. The lowest BCUT2D eigenvalue weighted by Crippen LogP contribution is -2.35. The van der Waals surface area contributed by atoms with Crippen LogP contribution in [0.15, 0.2) is 41.3 Å². The van der Waals surface area contributed by atoms with Crippen molar-refractivity contribution in [3.8, 4) is 5.75 Å². The molecule has 0 bridgehead atoms. The van der Waals surface area contributed by atoms with Crippen LogP contribution >= 0.6 is 11.6 Å². The highest BCUT2D eigenvalue weighted by molar-refractivity contribution is 7.92. The summed E-state index contributed by atoms with van der Waals surface area (Å²) in [6, 6.07) is 9.52. The van der Waals surface area contributed by atoms with Gasteiger partial charge in [0.15, 0.2) is 0 Å². The summed E-state index contributed by atoms with van der Waals surface area (Å²) in [5, 5.41) is 3.17. The standard InChI is InChI=1S/C24H32ClN3O6S2/c1-18-20(25)9-7-10-21(18)28(35(3,30)31)16-8-11-24(29)26-19-12-13-22(34-2)23(17-19)36(32,33)27-14-5-4-6-15-27/h7,9-10,12-13,17H,4-6,8,11,14-16H2,1-3H3,(H,26,29). The van der Waals surface area contributed by atoms with E-state index in [-0.39, 0.29) is 35.9 Å². The van der Waals surface area contributed by atoms with E-state index in [1.807, 2.05) is 0 Å². The number of nitrogens with zero attached hydrogens (tertiary/aromatic N) is 2. The monoisotopic (exact) mass is 557 g/mol. The van der Waals surface area contributed by atoms with Crippen molar-refractivity contribution < 1.29 is 26.4 Å². The third-order valence-electron chi connectivity index (χ3n) is 6.05. The number of methoxy groups -OCH3 is 1. The first-order chi connectivity index (χ1) is 16.9. The van der Waals surface area contributed by atoms with E-state index in [9.17, 15) is 21.6 Å². The molecule has 36 heavy (non-hydrogen) atoms. The Morgan fingerprint density at radius 1 is 1.11 bits per heavy atom. The number of hydrogen-bond acceptors (Lipinski definition) is 6. The van der Waals surface area contributed by atoms with Crippen LogP contribution in [0.4, 0.5) is 11.4 Å². The number of hydrogen-bond donors (Lipinski definition) is 1. The molecule has 2 aromatic carbocycles. The molecule has 1 amide bonds. The number of halogens is 1. The van der Waals surface area contributed by atoms with Gasteiger partial charge in [-0.2, -0.15) is 4.31 Å².